The molecule has 0 saturated carbocycles. The molecule has 2 atom stereocenters. The third kappa shape index (κ3) is 1.30. The van der Waals surface area contributed by atoms with Gasteiger partial charge in [0.1, 0.15) is 11.4 Å². The molecular formula is C10H6Cl2N2S. The van der Waals surface area contributed by atoms with Crippen LogP contribution in [0.1, 0.15) is 22.0 Å². The van der Waals surface area contributed by atoms with E-state index in [0.717, 1.165) is 22.5 Å². The van der Waals surface area contributed by atoms with Gasteiger partial charge in [0.15, 0.2) is 0 Å². The average molecular weight is 257 g/mol. The maximum atomic E-state index is 6.29. The van der Waals surface area contributed by atoms with E-state index in [4.69, 9.17) is 23.2 Å². The van der Waals surface area contributed by atoms with Crippen molar-refractivity contribution in [1.82, 2.24) is 8.75 Å². The second kappa shape index (κ2) is 3.44. The molecule has 0 aliphatic heterocycles. The predicted octanol–water partition coefficient (Wildman–Crippen LogP) is 3.78. The second-order valence-electron chi connectivity index (χ2n) is 3.39. The highest BCUT2D eigenvalue weighted by Crippen LogP contribution is 2.49. The van der Waals surface area contributed by atoms with E-state index in [-0.39, 0.29) is 10.8 Å². The zero-order valence-corrected chi connectivity index (χ0v) is 9.85. The van der Waals surface area contributed by atoms with Crippen molar-refractivity contribution in [2.24, 2.45) is 0 Å². The zero-order valence-electron chi connectivity index (χ0n) is 7.52. The monoisotopic (exact) mass is 256 g/mol. The van der Waals surface area contributed by atoms with Gasteiger partial charge in [-0.3, -0.25) is 0 Å². The standard InChI is InChI=1S/C10H6Cl2N2S/c11-7-5-3-1-2-4-6(5)9-10(8(7)12)14-15-13-9/h1-4,7-8H/t7-,8-/m1/s1. The fraction of sp³-hybridized carbons (Fsp3) is 0.200. The van der Waals surface area contributed by atoms with Gasteiger partial charge in [0.2, 0.25) is 0 Å². The molecule has 15 heavy (non-hydrogen) atoms. The van der Waals surface area contributed by atoms with E-state index in [1.807, 2.05) is 24.3 Å². The highest BCUT2D eigenvalue weighted by Gasteiger charge is 2.33. The SMILES string of the molecule is Cl[C@@H]1c2ccccc2-c2nsnc2[C@@H]1Cl. The molecule has 0 unspecified atom stereocenters. The van der Waals surface area contributed by atoms with Gasteiger partial charge < -0.3 is 0 Å². The zero-order chi connectivity index (χ0) is 10.4. The maximum Gasteiger partial charge on any atom is 0.109 e. The summed E-state index contributed by atoms with van der Waals surface area (Å²) in [5, 5.41) is -0.505. The van der Waals surface area contributed by atoms with E-state index in [1.54, 1.807) is 0 Å². The van der Waals surface area contributed by atoms with Crippen LogP contribution in [-0.2, 0) is 0 Å². The van der Waals surface area contributed by atoms with E-state index in [0.29, 0.717) is 0 Å². The van der Waals surface area contributed by atoms with Crippen molar-refractivity contribution in [3.63, 3.8) is 0 Å². The summed E-state index contributed by atoms with van der Waals surface area (Å²) in [6, 6.07) is 7.93. The first-order chi connectivity index (χ1) is 7.29. The summed E-state index contributed by atoms with van der Waals surface area (Å²) < 4.78 is 8.47. The summed E-state index contributed by atoms with van der Waals surface area (Å²) >= 11 is 13.7. The lowest BCUT2D eigenvalue weighted by atomic mass is 9.92. The Morgan fingerprint density at radius 1 is 1.07 bits per heavy atom. The first-order valence-electron chi connectivity index (χ1n) is 4.49. The number of nitrogens with zero attached hydrogens (tertiary/aromatic N) is 2. The van der Waals surface area contributed by atoms with Gasteiger partial charge >= 0.3 is 0 Å². The first kappa shape index (κ1) is 9.58. The van der Waals surface area contributed by atoms with Crippen LogP contribution in [0, 0.1) is 0 Å². The molecule has 0 radical (unpaired) electrons. The van der Waals surface area contributed by atoms with Crippen LogP contribution in [0.5, 0.6) is 0 Å². The highest BCUT2D eigenvalue weighted by atomic mass is 35.5. The van der Waals surface area contributed by atoms with Crippen LogP contribution in [0.2, 0.25) is 0 Å². The van der Waals surface area contributed by atoms with Crippen LogP contribution < -0.4 is 0 Å². The van der Waals surface area contributed by atoms with Crippen LogP contribution in [0.4, 0.5) is 0 Å². The molecule has 1 aromatic heterocycles. The van der Waals surface area contributed by atoms with Gasteiger partial charge in [-0.25, -0.2) is 0 Å². The topological polar surface area (TPSA) is 25.8 Å². The Balaban J connectivity index is 2.32. The number of halogens is 2. The Labute approximate surface area is 101 Å². The first-order valence-corrected chi connectivity index (χ1v) is 6.09. The summed E-state index contributed by atoms with van der Waals surface area (Å²) in [6.07, 6.45) is 0. The lowest BCUT2D eigenvalue weighted by molar-refractivity contribution is 0.843. The van der Waals surface area contributed by atoms with Gasteiger partial charge in [0.05, 0.1) is 22.5 Å². The Morgan fingerprint density at radius 3 is 2.73 bits per heavy atom. The van der Waals surface area contributed by atoms with Crippen molar-refractivity contribution < 1.29 is 0 Å². The van der Waals surface area contributed by atoms with E-state index >= 15 is 0 Å². The molecule has 76 valence electrons. The predicted molar refractivity (Wildman–Crippen MR) is 62.5 cm³/mol. The van der Waals surface area contributed by atoms with Gasteiger partial charge in [0, 0.05) is 5.56 Å². The lowest BCUT2D eigenvalue weighted by Crippen LogP contribution is -2.09. The van der Waals surface area contributed by atoms with Crippen molar-refractivity contribution in [1.29, 1.82) is 0 Å². The summed E-state index contributed by atoms with van der Waals surface area (Å²) in [7, 11) is 0. The number of rotatable bonds is 0. The molecule has 3 rings (SSSR count). The van der Waals surface area contributed by atoms with Gasteiger partial charge in [-0.1, -0.05) is 24.3 Å². The molecular weight excluding hydrogens is 251 g/mol. The Bertz CT molecular complexity index is 512. The summed E-state index contributed by atoms with van der Waals surface area (Å²) in [4.78, 5) is 0. The van der Waals surface area contributed by atoms with Crippen molar-refractivity contribution in [3.05, 3.63) is 35.5 Å². The van der Waals surface area contributed by atoms with E-state index in [1.165, 1.54) is 11.7 Å². The molecule has 1 aliphatic carbocycles. The summed E-state index contributed by atoms with van der Waals surface area (Å²) in [6.45, 7) is 0. The number of alkyl halides is 2. The minimum absolute atomic E-state index is 0.223. The number of fused-ring (bicyclic) bond motifs is 3. The summed E-state index contributed by atoms with van der Waals surface area (Å²) in [5.74, 6) is 0. The number of aromatic nitrogens is 2. The van der Waals surface area contributed by atoms with Crippen LogP contribution in [0.25, 0.3) is 11.3 Å². The minimum atomic E-state index is -0.282. The second-order valence-corrected chi connectivity index (χ2v) is 4.86. The molecule has 0 saturated heterocycles. The maximum absolute atomic E-state index is 6.29. The highest BCUT2D eigenvalue weighted by molar-refractivity contribution is 6.99. The number of hydrogen-bond acceptors (Lipinski definition) is 3. The van der Waals surface area contributed by atoms with Crippen molar-refractivity contribution in [3.8, 4) is 11.3 Å². The molecule has 2 aromatic rings. The molecule has 1 aliphatic rings. The largest absolute Gasteiger partial charge is 0.176 e. The van der Waals surface area contributed by atoms with Crippen LogP contribution in [0.15, 0.2) is 24.3 Å². The van der Waals surface area contributed by atoms with Crippen LogP contribution in [0.3, 0.4) is 0 Å². The molecule has 2 nitrogen and oxygen atoms in total. The van der Waals surface area contributed by atoms with E-state index < -0.39 is 0 Å². The molecule has 0 N–H and O–H groups in total. The van der Waals surface area contributed by atoms with Crippen molar-refractivity contribution in [2.45, 2.75) is 10.8 Å². The van der Waals surface area contributed by atoms with Gasteiger partial charge in [-0.15, -0.1) is 23.2 Å². The van der Waals surface area contributed by atoms with E-state index in [9.17, 15) is 0 Å². The smallest absolute Gasteiger partial charge is 0.109 e. The van der Waals surface area contributed by atoms with Crippen LogP contribution >= 0.6 is 34.9 Å². The molecule has 5 heteroatoms. The quantitative estimate of drug-likeness (QED) is 0.671. The molecule has 0 fully saturated rings. The lowest BCUT2D eigenvalue weighted by Gasteiger charge is -2.23. The van der Waals surface area contributed by atoms with E-state index in [2.05, 4.69) is 8.75 Å². The van der Waals surface area contributed by atoms with Gasteiger partial charge in [-0.2, -0.15) is 8.75 Å². The summed E-state index contributed by atoms with van der Waals surface area (Å²) in [5.41, 5.74) is 3.78. The molecule has 1 aromatic carbocycles. The van der Waals surface area contributed by atoms with Crippen LogP contribution in [-0.4, -0.2) is 8.75 Å². The third-order valence-corrected chi connectivity index (χ3v) is 4.16. The molecule has 0 amide bonds. The fourth-order valence-electron chi connectivity index (χ4n) is 1.81. The Morgan fingerprint density at radius 2 is 1.87 bits per heavy atom. The molecule has 0 spiro atoms. The van der Waals surface area contributed by atoms with Crippen molar-refractivity contribution >= 4 is 34.9 Å². The number of benzene rings is 1. The van der Waals surface area contributed by atoms with Crippen molar-refractivity contribution in [2.75, 3.05) is 0 Å². The third-order valence-electron chi connectivity index (χ3n) is 2.55. The Kier molecular flexibility index (Phi) is 2.20. The average Bonchev–Trinajstić information content (AvgIpc) is 2.75. The minimum Gasteiger partial charge on any atom is -0.176 e. The molecule has 1 heterocycles. The normalized spacial score (nSPS) is 23.3. The fourth-order valence-corrected chi connectivity index (χ4v) is 3.07. The Hall–Kier alpha value is -0.640. The molecule has 0 bridgehead atoms. The van der Waals surface area contributed by atoms with Gasteiger partial charge in [-0.05, 0) is 5.56 Å². The number of hydrogen-bond donors (Lipinski definition) is 0. The van der Waals surface area contributed by atoms with Gasteiger partial charge in [0.25, 0.3) is 0 Å².